The van der Waals surface area contributed by atoms with E-state index in [1.807, 2.05) is 18.2 Å². The van der Waals surface area contributed by atoms with Crippen LogP contribution in [0.15, 0.2) is 30.3 Å². The second-order valence-corrected chi connectivity index (χ2v) is 6.81. The molecule has 0 aliphatic rings. The fourth-order valence-corrected chi connectivity index (χ4v) is 2.56. The monoisotopic (exact) mass is 319 g/mol. The molecular weight excluding hydrogens is 286 g/mol. The van der Waals surface area contributed by atoms with Crippen LogP contribution in [0.1, 0.15) is 52.5 Å². The summed E-state index contributed by atoms with van der Waals surface area (Å²) in [7, 11) is 0. The summed E-state index contributed by atoms with van der Waals surface area (Å²) in [5.74, 6) is 0.568. The molecule has 1 aromatic rings. The van der Waals surface area contributed by atoms with E-state index in [4.69, 9.17) is 4.74 Å². The molecule has 0 aromatic heterocycles. The van der Waals surface area contributed by atoms with Gasteiger partial charge in [0.25, 0.3) is 0 Å². The van der Waals surface area contributed by atoms with E-state index < -0.39 is 0 Å². The highest BCUT2D eigenvalue weighted by Gasteiger charge is 2.21. The summed E-state index contributed by atoms with van der Waals surface area (Å²) in [6.45, 7) is 9.93. The number of unbranched alkanes of at least 4 members (excludes halogenated alkanes) is 2. The van der Waals surface area contributed by atoms with Crippen LogP contribution >= 0.6 is 0 Å². The molecule has 0 aliphatic heterocycles. The van der Waals surface area contributed by atoms with E-state index >= 15 is 0 Å². The van der Waals surface area contributed by atoms with Crippen molar-refractivity contribution in [2.24, 2.45) is 11.8 Å². The summed E-state index contributed by atoms with van der Waals surface area (Å²) in [6, 6.07) is 10.3. The topological polar surface area (TPSA) is 38.3 Å². The van der Waals surface area contributed by atoms with Crippen molar-refractivity contribution >= 4 is 5.91 Å². The normalized spacial score (nSPS) is 12.6. The van der Waals surface area contributed by atoms with Crippen molar-refractivity contribution in [3.63, 3.8) is 0 Å². The van der Waals surface area contributed by atoms with E-state index in [-0.39, 0.29) is 11.8 Å². The minimum absolute atomic E-state index is 0.0432. The lowest BCUT2D eigenvalue weighted by Crippen LogP contribution is -2.35. The van der Waals surface area contributed by atoms with Crippen molar-refractivity contribution in [3.8, 4) is 0 Å². The molecule has 1 amide bonds. The summed E-state index contributed by atoms with van der Waals surface area (Å²) in [5.41, 5.74) is 1.23. The zero-order chi connectivity index (χ0) is 17.1. The molecule has 23 heavy (non-hydrogen) atoms. The molecule has 0 saturated carbocycles. The standard InChI is InChI=1S/C20H33NO2/c1-16(2)19(15-18-11-7-5-8-12-18)20(22)21-13-9-6-10-14-23-17(3)4/h5,7-8,11-12,16-17,19H,6,9-10,13-15H2,1-4H3,(H,21,22)/t19-/m0/s1. The van der Waals surface area contributed by atoms with Gasteiger partial charge in [-0.1, -0.05) is 44.2 Å². The number of nitrogens with one attached hydrogen (secondary N) is 1. The predicted molar refractivity (Wildman–Crippen MR) is 96.4 cm³/mol. The van der Waals surface area contributed by atoms with Crippen LogP contribution in [0, 0.1) is 11.8 Å². The zero-order valence-corrected chi connectivity index (χ0v) is 15.2. The third-order valence-corrected chi connectivity index (χ3v) is 4.01. The summed E-state index contributed by atoms with van der Waals surface area (Å²) in [4.78, 5) is 12.4. The Bertz CT molecular complexity index is 429. The Morgan fingerprint density at radius 1 is 1.04 bits per heavy atom. The van der Waals surface area contributed by atoms with Gasteiger partial charge in [-0.3, -0.25) is 4.79 Å². The van der Waals surface area contributed by atoms with E-state index in [9.17, 15) is 4.79 Å². The molecule has 1 N–H and O–H groups in total. The number of benzene rings is 1. The summed E-state index contributed by atoms with van der Waals surface area (Å²) in [6.07, 6.45) is 4.29. The number of rotatable bonds is 11. The van der Waals surface area contributed by atoms with Gasteiger partial charge in [-0.05, 0) is 51.0 Å². The summed E-state index contributed by atoms with van der Waals surface area (Å²) in [5, 5.41) is 3.10. The molecule has 0 bridgehead atoms. The largest absolute Gasteiger partial charge is 0.379 e. The van der Waals surface area contributed by atoms with Crippen molar-refractivity contribution < 1.29 is 9.53 Å². The molecule has 0 radical (unpaired) electrons. The van der Waals surface area contributed by atoms with E-state index in [1.165, 1.54) is 5.56 Å². The molecule has 0 aliphatic carbocycles. The molecule has 3 nitrogen and oxygen atoms in total. The molecular formula is C20H33NO2. The lowest BCUT2D eigenvalue weighted by molar-refractivity contribution is -0.126. The van der Waals surface area contributed by atoms with Gasteiger partial charge in [0, 0.05) is 19.1 Å². The molecule has 130 valence electrons. The van der Waals surface area contributed by atoms with Crippen LogP contribution in [0.25, 0.3) is 0 Å². The van der Waals surface area contributed by atoms with Crippen LogP contribution in [0.3, 0.4) is 0 Å². The Labute approximate surface area is 141 Å². The average Bonchev–Trinajstić information content (AvgIpc) is 2.52. The first-order valence-corrected chi connectivity index (χ1v) is 8.94. The predicted octanol–water partition coefficient (Wildman–Crippen LogP) is 4.21. The first-order chi connectivity index (χ1) is 11.0. The fraction of sp³-hybridized carbons (Fsp3) is 0.650. The van der Waals surface area contributed by atoms with Gasteiger partial charge in [0.2, 0.25) is 5.91 Å². The van der Waals surface area contributed by atoms with Gasteiger partial charge in [-0.25, -0.2) is 0 Å². The molecule has 0 unspecified atom stereocenters. The molecule has 1 atom stereocenters. The summed E-state index contributed by atoms with van der Waals surface area (Å²) < 4.78 is 5.52. The maximum atomic E-state index is 12.4. The van der Waals surface area contributed by atoms with Gasteiger partial charge in [-0.2, -0.15) is 0 Å². The zero-order valence-electron chi connectivity index (χ0n) is 15.2. The third kappa shape index (κ3) is 8.75. The van der Waals surface area contributed by atoms with Gasteiger partial charge in [0.1, 0.15) is 0 Å². The Hall–Kier alpha value is -1.35. The number of hydrogen-bond acceptors (Lipinski definition) is 2. The lowest BCUT2D eigenvalue weighted by Gasteiger charge is -2.20. The van der Waals surface area contributed by atoms with Gasteiger partial charge < -0.3 is 10.1 Å². The van der Waals surface area contributed by atoms with Crippen LogP contribution in [0.4, 0.5) is 0 Å². The van der Waals surface area contributed by atoms with E-state index in [0.29, 0.717) is 12.0 Å². The second kappa shape index (κ2) is 11.2. The van der Waals surface area contributed by atoms with Crippen LogP contribution in [0.5, 0.6) is 0 Å². The molecule has 3 heteroatoms. The smallest absolute Gasteiger partial charge is 0.223 e. The van der Waals surface area contributed by atoms with Crippen molar-refractivity contribution in [1.82, 2.24) is 5.32 Å². The molecule has 1 aromatic carbocycles. The van der Waals surface area contributed by atoms with Gasteiger partial charge in [-0.15, -0.1) is 0 Å². The first-order valence-electron chi connectivity index (χ1n) is 8.94. The number of carbonyl (C=O) groups excluding carboxylic acids is 1. The highest BCUT2D eigenvalue weighted by Crippen LogP contribution is 2.17. The minimum atomic E-state index is 0.0432. The van der Waals surface area contributed by atoms with Crippen molar-refractivity contribution in [3.05, 3.63) is 35.9 Å². The van der Waals surface area contributed by atoms with Crippen molar-refractivity contribution in [2.45, 2.75) is 59.5 Å². The quantitative estimate of drug-likeness (QED) is 0.620. The number of amides is 1. The molecule has 0 heterocycles. The number of hydrogen-bond donors (Lipinski definition) is 1. The van der Waals surface area contributed by atoms with Gasteiger partial charge in [0.05, 0.1) is 6.10 Å². The average molecular weight is 319 g/mol. The highest BCUT2D eigenvalue weighted by molar-refractivity contribution is 5.79. The molecule has 0 spiro atoms. The summed E-state index contributed by atoms with van der Waals surface area (Å²) >= 11 is 0. The van der Waals surface area contributed by atoms with Gasteiger partial charge in [0.15, 0.2) is 0 Å². The second-order valence-electron chi connectivity index (χ2n) is 6.81. The van der Waals surface area contributed by atoms with E-state index in [2.05, 4.69) is 45.1 Å². The maximum Gasteiger partial charge on any atom is 0.223 e. The van der Waals surface area contributed by atoms with Crippen LogP contribution < -0.4 is 5.32 Å². The Balaban J connectivity index is 2.27. The molecule has 1 rings (SSSR count). The Morgan fingerprint density at radius 3 is 2.35 bits per heavy atom. The lowest BCUT2D eigenvalue weighted by atomic mass is 9.88. The number of carbonyl (C=O) groups is 1. The minimum Gasteiger partial charge on any atom is -0.379 e. The van der Waals surface area contributed by atoms with Gasteiger partial charge >= 0.3 is 0 Å². The number of ether oxygens (including phenoxy) is 1. The van der Waals surface area contributed by atoms with Crippen LogP contribution in [-0.2, 0) is 16.0 Å². The van der Waals surface area contributed by atoms with Crippen LogP contribution in [0.2, 0.25) is 0 Å². The van der Waals surface area contributed by atoms with Crippen molar-refractivity contribution in [2.75, 3.05) is 13.2 Å². The fourth-order valence-electron chi connectivity index (χ4n) is 2.56. The SMILES string of the molecule is CC(C)OCCCCCNC(=O)[C@@H](Cc1ccccc1)C(C)C. The van der Waals surface area contributed by atoms with E-state index in [0.717, 1.165) is 38.8 Å². The molecule has 0 saturated heterocycles. The highest BCUT2D eigenvalue weighted by atomic mass is 16.5. The Kier molecular flexibility index (Phi) is 9.61. The van der Waals surface area contributed by atoms with Crippen LogP contribution in [-0.4, -0.2) is 25.2 Å². The Morgan fingerprint density at radius 2 is 1.74 bits per heavy atom. The maximum absolute atomic E-state index is 12.4. The van der Waals surface area contributed by atoms with Crippen molar-refractivity contribution in [1.29, 1.82) is 0 Å². The first kappa shape index (κ1) is 19.7. The third-order valence-electron chi connectivity index (χ3n) is 4.01. The molecule has 0 fully saturated rings. The van der Waals surface area contributed by atoms with E-state index in [1.54, 1.807) is 0 Å².